The number of H-pyrrole nitrogens is 1. The van der Waals surface area contributed by atoms with E-state index >= 15 is 0 Å². The number of carbonyl (C=O) groups is 2. The number of nitrogens with one attached hydrogen (secondary N) is 3. The standard InChI is InChI=1S/C43H57N5O7S2Si/c1-42(2,3)58(5,6)55-37(30-13-19-36(50)34(25-30)45-28-49)27-44-26-29-12-18-35-33(24-29)46-41(53)48(35)21-9-20-47(4)31-14-16-32(17-15-31)54-43(40(51)52,38-10-7-22-56-38)39-11-8-23-57-39/h7-8,10-13,18-19,22-25,28,31-32,37,44,50H,9,14-17,20-21,26-27H2,1-6H3,(H,45,49)(H,46,53)(H,51,52)/t31-,32-,37-/m0/s1. The predicted octanol–water partition coefficient (Wildman–Crippen LogP) is 8.26. The zero-order valence-corrected chi connectivity index (χ0v) is 36.9. The molecule has 1 fully saturated rings. The number of carbonyl (C=O) groups excluding carboxylic acids is 1. The van der Waals surface area contributed by atoms with Crippen LogP contribution in [0.25, 0.3) is 11.0 Å². The number of aromatic nitrogens is 2. The number of rotatable bonds is 19. The molecule has 3 heterocycles. The lowest BCUT2D eigenvalue weighted by molar-refractivity contribution is -0.170. The number of aliphatic carboxylic acids is 1. The number of aromatic amines is 1. The van der Waals surface area contributed by atoms with Crippen LogP contribution in [0.5, 0.6) is 5.75 Å². The molecular formula is C43H57N5O7S2Si. The van der Waals surface area contributed by atoms with E-state index in [0.29, 0.717) is 47.5 Å². The van der Waals surface area contributed by atoms with Gasteiger partial charge < -0.3 is 39.9 Å². The summed E-state index contributed by atoms with van der Waals surface area (Å²) in [6.45, 7) is 13.4. The Balaban J connectivity index is 1.03. The van der Waals surface area contributed by atoms with E-state index in [1.54, 1.807) is 12.1 Å². The zero-order valence-electron chi connectivity index (χ0n) is 34.2. The van der Waals surface area contributed by atoms with E-state index < -0.39 is 19.9 Å². The van der Waals surface area contributed by atoms with Gasteiger partial charge in [-0.25, -0.2) is 9.59 Å². The molecule has 312 valence electrons. The fourth-order valence-corrected chi connectivity index (χ4v) is 10.6. The minimum absolute atomic E-state index is 0.00744. The van der Waals surface area contributed by atoms with Gasteiger partial charge in [0.25, 0.3) is 0 Å². The van der Waals surface area contributed by atoms with Gasteiger partial charge in [-0.05, 0) is 122 Å². The number of ether oxygens (including phenoxy) is 1. The van der Waals surface area contributed by atoms with Crippen LogP contribution < -0.4 is 16.3 Å². The van der Waals surface area contributed by atoms with Crippen molar-refractivity contribution in [2.24, 2.45) is 0 Å². The van der Waals surface area contributed by atoms with Crippen LogP contribution in [0.15, 0.2) is 76.2 Å². The summed E-state index contributed by atoms with van der Waals surface area (Å²) in [5, 5.41) is 30.6. The molecule has 0 radical (unpaired) electrons. The quantitative estimate of drug-likeness (QED) is 0.0314. The molecule has 1 aliphatic rings. The van der Waals surface area contributed by atoms with Crippen molar-refractivity contribution in [3.63, 3.8) is 0 Å². The average Bonchev–Trinajstić information content (AvgIpc) is 3.97. The third-order valence-electron chi connectivity index (χ3n) is 11.9. The molecule has 15 heteroatoms. The molecular weight excluding hydrogens is 791 g/mol. The normalized spacial score (nSPS) is 17.2. The number of aromatic hydroxyl groups is 1. The lowest BCUT2D eigenvalue weighted by atomic mass is 9.90. The Bertz CT molecular complexity index is 2150. The Labute approximate surface area is 349 Å². The maximum atomic E-state index is 13.1. The number of imidazole rings is 1. The third kappa shape index (κ3) is 9.68. The van der Waals surface area contributed by atoms with Crippen molar-refractivity contribution < 1.29 is 29.0 Å². The molecule has 5 aromatic rings. The van der Waals surface area contributed by atoms with Gasteiger partial charge >= 0.3 is 11.7 Å². The Hall–Kier alpha value is -4.09. The number of aryl methyl sites for hydroxylation is 1. The first-order chi connectivity index (χ1) is 27.6. The molecule has 3 aromatic heterocycles. The SMILES string of the molecule is CN(CCCn1c(=O)[nH]c2cc(CNC[C@H](O[Si](C)(C)C(C)(C)C)c3ccc(O)c(NC=O)c3)ccc21)[C@H]1CC[C@H](OC(C(=O)O)(c2cccs2)c2cccs2)CC1. The van der Waals surface area contributed by atoms with Gasteiger partial charge in [0, 0.05) is 25.7 Å². The molecule has 5 N–H and O–H groups in total. The largest absolute Gasteiger partial charge is 0.506 e. The number of hydrogen-bond donors (Lipinski definition) is 5. The monoisotopic (exact) mass is 847 g/mol. The molecule has 0 bridgehead atoms. The second-order valence-electron chi connectivity index (χ2n) is 16.8. The summed E-state index contributed by atoms with van der Waals surface area (Å²) in [6, 6.07) is 19.0. The number of carboxylic acid groups (broad SMARTS) is 1. The number of amides is 1. The summed E-state index contributed by atoms with van der Waals surface area (Å²) in [5.41, 5.74) is 2.24. The highest BCUT2D eigenvalue weighted by Gasteiger charge is 2.48. The summed E-state index contributed by atoms with van der Waals surface area (Å²) in [5.74, 6) is -0.989. The van der Waals surface area contributed by atoms with E-state index in [2.05, 4.69) is 61.4 Å². The number of anilines is 1. The molecule has 1 atom stereocenters. The van der Waals surface area contributed by atoms with Gasteiger partial charge in [0.15, 0.2) is 8.32 Å². The number of hydrogen-bond acceptors (Lipinski definition) is 10. The van der Waals surface area contributed by atoms with Crippen molar-refractivity contribution in [2.45, 2.75) is 108 Å². The fraction of sp³-hybridized carbons (Fsp3) is 0.465. The predicted molar refractivity (Wildman–Crippen MR) is 235 cm³/mol. The zero-order chi connectivity index (χ0) is 41.7. The first kappa shape index (κ1) is 43.5. The number of phenolic OH excluding ortho intramolecular Hbond substituents is 1. The van der Waals surface area contributed by atoms with Gasteiger partial charge in [-0.1, -0.05) is 45.0 Å². The molecule has 0 spiro atoms. The number of thiophene rings is 2. The van der Waals surface area contributed by atoms with E-state index in [-0.39, 0.29) is 28.7 Å². The van der Waals surface area contributed by atoms with Crippen LogP contribution in [0, 0.1) is 0 Å². The summed E-state index contributed by atoms with van der Waals surface area (Å²) >= 11 is 2.82. The fourth-order valence-electron chi connectivity index (χ4n) is 7.55. The Morgan fingerprint density at radius 2 is 1.74 bits per heavy atom. The van der Waals surface area contributed by atoms with Crippen molar-refractivity contribution in [1.82, 2.24) is 19.8 Å². The van der Waals surface area contributed by atoms with E-state index in [1.165, 1.54) is 22.7 Å². The van der Waals surface area contributed by atoms with Gasteiger partial charge in [0.1, 0.15) is 5.75 Å². The number of carboxylic acids is 1. The third-order valence-corrected chi connectivity index (χ3v) is 18.3. The summed E-state index contributed by atoms with van der Waals surface area (Å²) in [6.07, 6.45) is 4.25. The minimum Gasteiger partial charge on any atom is -0.506 e. The van der Waals surface area contributed by atoms with Crippen LogP contribution in [0.1, 0.15) is 79.9 Å². The summed E-state index contributed by atoms with van der Waals surface area (Å²) in [7, 11) is -0.0585. The maximum absolute atomic E-state index is 13.1. The van der Waals surface area contributed by atoms with E-state index in [9.17, 15) is 24.6 Å². The van der Waals surface area contributed by atoms with Crippen LogP contribution in [-0.4, -0.2) is 77.6 Å². The maximum Gasteiger partial charge on any atom is 0.347 e. The molecule has 6 rings (SSSR count). The van der Waals surface area contributed by atoms with Crippen molar-refractivity contribution in [3.8, 4) is 5.75 Å². The van der Waals surface area contributed by atoms with E-state index in [1.807, 2.05) is 63.9 Å². The first-order valence-electron chi connectivity index (χ1n) is 20.0. The topological polar surface area (TPSA) is 158 Å². The van der Waals surface area contributed by atoms with Crippen molar-refractivity contribution in [1.29, 1.82) is 0 Å². The number of fused-ring (bicyclic) bond motifs is 1. The van der Waals surface area contributed by atoms with Crippen molar-refractivity contribution >= 4 is 60.1 Å². The molecule has 58 heavy (non-hydrogen) atoms. The number of nitrogens with zero attached hydrogens (tertiary/aromatic N) is 2. The Kier molecular flexibility index (Phi) is 13.8. The summed E-state index contributed by atoms with van der Waals surface area (Å²) < 4.78 is 15.2. The highest BCUT2D eigenvalue weighted by molar-refractivity contribution is 7.12. The second-order valence-corrected chi connectivity index (χ2v) is 23.4. The van der Waals surface area contributed by atoms with Gasteiger partial charge in [-0.15, -0.1) is 22.7 Å². The average molecular weight is 848 g/mol. The van der Waals surface area contributed by atoms with E-state index in [0.717, 1.165) is 60.8 Å². The van der Waals surface area contributed by atoms with Crippen LogP contribution in [0.4, 0.5) is 5.69 Å². The molecule has 1 amide bonds. The molecule has 12 nitrogen and oxygen atoms in total. The summed E-state index contributed by atoms with van der Waals surface area (Å²) in [4.78, 5) is 43.9. The van der Waals surface area contributed by atoms with Gasteiger partial charge in [0.05, 0.1) is 38.7 Å². The second kappa shape index (κ2) is 18.4. The first-order valence-corrected chi connectivity index (χ1v) is 24.6. The van der Waals surface area contributed by atoms with E-state index in [4.69, 9.17) is 9.16 Å². The molecule has 2 aromatic carbocycles. The molecule has 1 saturated carbocycles. The lowest BCUT2D eigenvalue weighted by Crippen LogP contribution is -2.44. The van der Waals surface area contributed by atoms with Gasteiger partial charge in [-0.2, -0.15) is 0 Å². The van der Waals surface area contributed by atoms with Crippen molar-refractivity contribution in [3.05, 3.63) is 103 Å². The molecule has 0 saturated heterocycles. The Morgan fingerprint density at radius 1 is 1.05 bits per heavy atom. The van der Waals surface area contributed by atoms with Crippen molar-refractivity contribution in [2.75, 3.05) is 25.5 Å². The van der Waals surface area contributed by atoms with Crippen LogP contribution >= 0.6 is 22.7 Å². The lowest BCUT2D eigenvalue weighted by Gasteiger charge is -2.39. The molecule has 0 aliphatic heterocycles. The van der Waals surface area contributed by atoms with Gasteiger partial charge in [-0.3, -0.25) is 9.36 Å². The Morgan fingerprint density at radius 3 is 2.34 bits per heavy atom. The minimum atomic E-state index is -2.19. The molecule has 0 unspecified atom stereocenters. The smallest absolute Gasteiger partial charge is 0.347 e. The van der Waals surface area contributed by atoms with Gasteiger partial charge in [0.2, 0.25) is 12.0 Å². The highest BCUT2D eigenvalue weighted by atomic mass is 32.1. The van der Waals surface area contributed by atoms with Crippen LogP contribution in [-0.2, 0) is 37.4 Å². The number of phenols is 1. The molecule has 1 aliphatic carbocycles. The van der Waals surface area contributed by atoms with Crippen LogP contribution in [0.2, 0.25) is 18.1 Å². The highest BCUT2D eigenvalue weighted by Crippen LogP contribution is 2.43. The van der Waals surface area contributed by atoms with Crippen LogP contribution in [0.3, 0.4) is 0 Å². The number of benzene rings is 2.